The van der Waals surface area contributed by atoms with E-state index in [0.29, 0.717) is 23.5 Å². The van der Waals surface area contributed by atoms with Crippen molar-refractivity contribution in [2.45, 2.75) is 45.3 Å². The van der Waals surface area contributed by atoms with Crippen LogP contribution in [0.3, 0.4) is 0 Å². The molecule has 0 unspecified atom stereocenters. The van der Waals surface area contributed by atoms with Gasteiger partial charge in [0.2, 0.25) is 5.91 Å². The van der Waals surface area contributed by atoms with Gasteiger partial charge in [0, 0.05) is 63.0 Å². The molecule has 1 N–H and O–H groups in total. The van der Waals surface area contributed by atoms with Crippen LogP contribution in [0.1, 0.15) is 38.6 Å². The number of alkyl halides is 2. The van der Waals surface area contributed by atoms with Crippen molar-refractivity contribution in [2.75, 3.05) is 56.5 Å². The molecule has 0 aliphatic carbocycles. The maximum atomic E-state index is 12.8. The molecule has 0 bridgehead atoms. The molecule has 3 aromatic heterocycles. The van der Waals surface area contributed by atoms with Crippen LogP contribution >= 0.6 is 0 Å². The van der Waals surface area contributed by atoms with Crippen molar-refractivity contribution in [2.24, 2.45) is 5.41 Å². The zero-order valence-electron chi connectivity index (χ0n) is 23.3. The van der Waals surface area contributed by atoms with Gasteiger partial charge in [-0.15, -0.1) is 0 Å². The number of hydrogen-bond donors (Lipinski definition) is 1. The van der Waals surface area contributed by atoms with Gasteiger partial charge in [-0.1, -0.05) is 0 Å². The first-order valence-electron chi connectivity index (χ1n) is 14.1. The van der Waals surface area contributed by atoms with E-state index in [1.165, 1.54) is 18.3 Å². The third kappa shape index (κ3) is 6.09. The van der Waals surface area contributed by atoms with Crippen molar-refractivity contribution in [1.29, 1.82) is 0 Å². The molecule has 0 atom stereocenters. The molecule has 3 aromatic rings. The SMILES string of the molecule is CC(=O)N1CCC2(CC1)CN(c1cc(Nc3cc(OC(F)F)ccn3)nc(-c3cnn(C4CCN(C)CC4)c3)n1)C2. The molecular weight excluding hydrogens is 532 g/mol. The molecule has 3 fully saturated rings. The molecule has 6 heterocycles. The molecule has 11 nitrogen and oxygen atoms in total. The summed E-state index contributed by atoms with van der Waals surface area (Å²) in [5, 5.41) is 7.79. The maximum absolute atomic E-state index is 12.8. The Labute approximate surface area is 237 Å². The quantitative estimate of drug-likeness (QED) is 0.457. The first-order chi connectivity index (χ1) is 19.7. The molecule has 41 heavy (non-hydrogen) atoms. The highest BCUT2D eigenvalue weighted by atomic mass is 19.3. The number of amides is 1. The second-order valence-electron chi connectivity index (χ2n) is 11.4. The number of anilines is 3. The number of aromatic nitrogens is 5. The number of halogens is 2. The summed E-state index contributed by atoms with van der Waals surface area (Å²) < 4.78 is 32.1. The van der Waals surface area contributed by atoms with E-state index in [4.69, 9.17) is 9.97 Å². The highest BCUT2D eigenvalue weighted by Gasteiger charge is 2.45. The van der Waals surface area contributed by atoms with Gasteiger partial charge in [-0.05, 0) is 51.9 Å². The third-order valence-corrected chi connectivity index (χ3v) is 8.49. The smallest absolute Gasteiger partial charge is 0.387 e. The number of carbonyl (C=O) groups is 1. The maximum Gasteiger partial charge on any atom is 0.387 e. The van der Waals surface area contributed by atoms with E-state index in [-0.39, 0.29) is 17.1 Å². The predicted molar refractivity (Wildman–Crippen MR) is 149 cm³/mol. The van der Waals surface area contributed by atoms with Crippen LogP contribution in [-0.4, -0.2) is 93.4 Å². The summed E-state index contributed by atoms with van der Waals surface area (Å²) in [4.78, 5) is 32.2. The van der Waals surface area contributed by atoms with Gasteiger partial charge >= 0.3 is 6.61 Å². The lowest BCUT2D eigenvalue weighted by molar-refractivity contribution is -0.131. The Bertz CT molecular complexity index is 1380. The average Bonchev–Trinajstić information content (AvgIpc) is 3.42. The Morgan fingerprint density at radius 3 is 2.56 bits per heavy atom. The Morgan fingerprint density at radius 2 is 1.85 bits per heavy atom. The topological polar surface area (TPSA) is 105 Å². The monoisotopic (exact) mass is 567 g/mol. The molecule has 1 spiro atoms. The van der Waals surface area contributed by atoms with Gasteiger partial charge in [0.15, 0.2) is 5.82 Å². The van der Waals surface area contributed by atoms with Crippen molar-refractivity contribution < 1.29 is 18.3 Å². The molecule has 3 aliphatic heterocycles. The van der Waals surface area contributed by atoms with Crippen LogP contribution in [0, 0.1) is 5.41 Å². The van der Waals surface area contributed by atoms with Crippen LogP contribution in [0.5, 0.6) is 5.75 Å². The Balaban J connectivity index is 1.25. The zero-order chi connectivity index (χ0) is 28.6. The van der Waals surface area contributed by atoms with Crippen molar-refractivity contribution >= 4 is 23.4 Å². The number of nitrogens with one attached hydrogen (secondary N) is 1. The van der Waals surface area contributed by atoms with Crippen LogP contribution in [0.4, 0.5) is 26.2 Å². The third-order valence-electron chi connectivity index (χ3n) is 8.49. The second-order valence-corrected chi connectivity index (χ2v) is 11.4. The number of nitrogens with zero attached hydrogens (tertiary/aromatic N) is 8. The molecule has 0 radical (unpaired) electrons. The normalized spacial score (nSPS) is 19.4. The predicted octanol–water partition coefficient (Wildman–Crippen LogP) is 3.80. The first-order valence-corrected chi connectivity index (χ1v) is 14.1. The lowest BCUT2D eigenvalue weighted by atomic mass is 9.72. The molecule has 6 rings (SSSR count). The van der Waals surface area contributed by atoms with Crippen molar-refractivity contribution in [3.8, 4) is 17.1 Å². The molecule has 1 amide bonds. The van der Waals surface area contributed by atoms with Crippen molar-refractivity contribution in [3.05, 3.63) is 36.8 Å². The number of pyridine rings is 1. The number of hydrogen-bond acceptors (Lipinski definition) is 9. The summed E-state index contributed by atoms with van der Waals surface area (Å²) in [5.74, 6) is 2.25. The molecule has 0 saturated carbocycles. The number of likely N-dealkylation sites (tertiary alicyclic amines) is 2. The average molecular weight is 568 g/mol. The fourth-order valence-corrected chi connectivity index (χ4v) is 6.03. The van der Waals surface area contributed by atoms with Crippen LogP contribution in [0.2, 0.25) is 0 Å². The summed E-state index contributed by atoms with van der Waals surface area (Å²) in [5.41, 5.74) is 0.980. The number of ether oxygens (including phenoxy) is 1. The van der Waals surface area contributed by atoms with Gasteiger partial charge in [-0.2, -0.15) is 13.9 Å². The number of piperidine rings is 2. The molecule has 218 valence electrons. The van der Waals surface area contributed by atoms with Gasteiger partial charge < -0.3 is 24.8 Å². The number of carbonyl (C=O) groups excluding carboxylic acids is 1. The van der Waals surface area contributed by atoms with E-state index in [2.05, 4.69) is 37.0 Å². The van der Waals surface area contributed by atoms with Crippen LogP contribution < -0.4 is 15.0 Å². The van der Waals surface area contributed by atoms with Crippen LogP contribution in [0.25, 0.3) is 11.4 Å². The molecule has 3 saturated heterocycles. The summed E-state index contributed by atoms with van der Waals surface area (Å²) in [6, 6.07) is 4.97. The fraction of sp³-hybridized carbons (Fsp3) is 0.536. The highest BCUT2D eigenvalue weighted by molar-refractivity contribution is 5.73. The van der Waals surface area contributed by atoms with Gasteiger partial charge in [0.05, 0.1) is 17.8 Å². The first kappa shape index (κ1) is 27.3. The lowest BCUT2D eigenvalue weighted by Gasteiger charge is -2.54. The van der Waals surface area contributed by atoms with E-state index < -0.39 is 6.61 Å². The minimum absolute atomic E-state index is 0.00740. The summed E-state index contributed by atoms with van der Waals surface area (Å²) in [6.45, 7) is 4.02. The minimum Gasteiger partial charge on any atom is -0.435 e. The van der Waals surface area contributed by atoms with E-state index in [1.54, 1.807) is 13.1 Å². The highest BCUT2D eigenvalue weighted by Crippen LogP contribution is 2.43. The van der Waals surface area contributed by atoms with Gasteiger partial charge in [0.1, 0.15) is 23.2 Å². The molecule has 0 aromatic carbocycles. The zero-order valence-corrected chi connectivity index (χ0v) is 23.3. The van der Waals surface area contributed by atoms with Crippen molar-refractivity contribution in [3.63, 3.8) is 0 Å². The largest absolute Gasteiger partial charge is 0.435 e. The summed E-state index contributed by atoms with van der Waals surface area (Å²) in [6.07, 6.45) is 9.21. The number of rotatable bonds is 7. The minimum atomic E-state index is -2.93. The molecule has 3 aliphatic rings. The standard InChI is InChI=1S/C28H35F2N9O2/c1-19(40)37-11-6-28(7-12-37)17-38(18-28)25-14-24(33-23-13-22(3-8-31-23)41-27(29)30)34-26(35-25)20-15-32-39(16-20)21-4-9-36(2)10-5-21/h3,8,13-16,21,27H,4-7,9-12,17-18H2,1-2H3,(H,31,33,34,35). The Morgan fingerprint density at radius 1 is 1.10 bits per heavy atom. The Kier molecular flexibility index (Phi) is 7.45. The van der Waals surface area contributed by atoms with E-state index in [0.717, 1.165) is 76.3 Å². The van der Waals surface area contributed by atoms with E-state index in [9.17, 15) is 13.6 Å². The molecular formula is C28H35F2N9O2. The second kappa shape index (κ2) is 11.2. The van der Waals surface area contributed by atoms with Gasteiger partial charge in [-0.25, -0.2) is 15.0 Å². The van der Waals surface area contributed by atoms with E-state index >= 15 is 0 Å². The van der Waals surface area contributed by atoms with Crippen LogP contribution in [-0.2, 0) is 4.79 Å². The lowest BCUT2D eigenvalue weighted by Crippen LogP contribution is -2.61. The van der Waals surface area contributed by atoms with Crippen LogP contribution in [0.15, 0.2) is 36.8 Å². The van der Waals surface area contributed by atoms with Gasteiger partial charge in [0.25, 0.3) is 0 Å². The fourth-order valence-electron chi connectivity index (χ4n) is 6.03. The van der Waals surface area contributed by atoms with E-state index in [1.807, 2.05) is 21.8 Å². The van der Waals surface area contributed by atoms with Gasteiger partial charge in [-0.3, -0.25) is 9.48 Å². The summed E-state index contributed by atoms with van der Waals surface area (Å²) in [7, 11) is 2.13. The molecule has 13 heteroatoms. The summed E-state index contributed by atoms with van der Waals surface area (Å²) >= 11 is 0. The van der Waals surface area contributed by atoms with Crippen molar-refractivity contribution in [1.82, 2.24) is 34.5 Å². The Hall–Kier alpha value is -3.87.